The Labute approximate surface area is 134 Å². The number of carboxylic acids is 1. The van der Waals surface area contributed by atoms with E-state index in [9.17, 15) is 4.79 Å². The van der Waals surface area contributed by atoms with Gasteiger partial charge in [-0.1, -0.05) is 50.2 Å². The normalized spacial score (nSPS) is 10.9. The van der Waals surface area contributed by atoms with Crippen molar-refractivity contribution in [3.63, 3.8) is 0 Å². The summed E-state index contributed by atoms with van der Waals surface area (Å²) in [5.41, 5.74) is 4.17. The van der Waals surface area contributed by atoms with Crippen LogP contribution in [0.1, 0.15) is 35.7 Å². The number of aromatic nitrogens is 2. The molecule has 0 atom stereocenters. The number of aromatic amines is 1. The fourth-order valence-corrected chi connectivity index (χ4v) is 2.46. The van der Waals surface area contributed by atoms with Crippen LogP contribution in [0.4, 0.5) is 0 Å². The van der Waals surface area contributed by atoms with E-state index in [1.54, 1.807) is 24.4 Å². The Morgan fingerprint density at radius 3 is 2.48 bits per heavy atom. The van der Waals surface area contributed by atoms with E-state index in [-0.39, 0.29) is 5.56 Å². The first kappa shape index (κ1) is 15.0. The number of aromatic carboxylic acids is 1. The van der Waals surface area contributed by atoms with Crippen molar-refractivity contribution in [2.45, 2.75) is 19.8 Å². The molecule has 3 rings (SSSR count). The Kier molecular flexibility index (Phi) is 3.98. The van der Waals surface area contributed by atoms with Gasteiger partial charge in [0.05, 0.1) is 17.5 Å². The summed E-state index contributed by atoms with van der Waals surface area (Å²) in [5, 5.41) is 9.08. The third-order valence-corrected chi connectivity index (χ3v) is 3.85. The highest BCUT2D eigenvalue weighted by Gasteiger charge is 2.09. The summed E-state index contributed by atoms with van der Waals surface area (Å²) < 4.78 is 0. The number of nitrogens with zero attached hydrogens (tertiary/aromatic N) is 1. The van der Waals surface area contributed by atoms with Gasteiger partial charge in [-0.3, -0.25) is 0 Å². The average molecular weight is 306 g/mol. The highest BCUT2D eigenvalue weighted by molar-refractivity contribution is 5.89. The zero-order valence-electron chi connectivity index (χ0n) is 13.1. The van der Waals surface area contributed by atoms with Crippen molar-refractivity contribution in [3.05, 3.63) is 65.9 Å². The van der Waals surface area contributed by atoms with Crippen molar-refractivity contribution in [1.82, 2.24) is 9.97 Å². The Balaban J connectivity index is 1.91. The molecule has 0 radical (unpaired) electrons. The molecule has 0 unspecified atom stereocenters. The number of hydrogen-bond acceptors (Lipinski definition) is 2. The minimum absolute atomic E-state index is 0.264. The lowest BCUT2D eigenvalue weighted by molar-refractivity contribution is 0.0697. The lowest BCUT2D eigenvalue weighted by atomic mass is 10.0. The summed E-state index contributed by atoms with van der Waals surface area (Å²) >= 11 is 0. The van der Waals surface area contributed by atoms with Gasteiger partial charge >= 0.3 is 5.97 Å². The van der Waals surface area contributed by atoms with Crippen LogP contribution in [0.3, 0.4) is 0 Å². The van der Waals surface area contributed by atoms with Crippen molar-refractivity contribution >= 4 is 5.97 Å². The van der Waals surface area contributed by atoms with Gasteiger partial charge in [-0.15, -0.1) is 0 Å². The van der Waals surface area contributed by atoms with Gasteiger partial charge in [0, 0.05) is 11.1 Å². The van der Waals surface area contributed by atoms with Crippen LogP contribution in [-0.2, 0) is 0 Å². The zero-order valence-corrected chi connectivity index (χ0v) is 13.1. The Morgan fingerprint density at radius 1 is 1.09 bits per heavy atom. The van der Waals surface area contributed by atoms with Gasteiger partial charge < -0.3 is 10.1 Å². The minimum Gasteiger partial charge on any atom is -0.478 e. The zero-order chi connectivity index (χ0) is 16.4. The molecule has 0 spiro atoms. The van der Waals surface area contributed by atoms with Gasteiger partial charge in [-0.2, -0.15) is 0 Å². The van der Waals surface area contributed by atoms with Gasteiger partial charge in [0.25, 0.3) is 0 Å². The summed E-state index contributed by atoms with van der Waals surface area (Å²) in [6.45, 7) is 4.32. The van der Waals surface area contributed by atoms with Crippen LogP contribution in [0.5, 0.6) is 0 Å². The van der Waals surface area contributed by atoms with Gasteiger partial charge in [0.1, 0.15) is 5.82 Å². The SMILES string of the molecule is CC(C)c1ccc(-c2ncc(-c3cccc(C(=O)O)c3)[nH]2)cc1. The molecule has 0 fully saturated rings. The van der Waals surface area contributed by atoms with Crippen LogP contribution >= 0.6 is 0 Å². The van der Waals surface area contributed by atoms with E-state index in [0.717, 1.165) is 22.6 Å². The van der Waals surface area contributed by atoms with Crippen LogP contribution in [-0.4, -0.2) is 21.0 Å². The molecule has 116 valence electrons. The largest absolute Gasteiger partial charge is 0.478 e. The van der Waals surface area contributed by atoms with Crippen molar-refractivity contribution in [2.75, 3.05) is 0 Å². The number of carboxylic acid groups (broad SMARTS) is 1. The van der Waals surface area contributed by atoms with Gasteiger partial charge in [0.15, 0.2) is 0 Å². The van der Waals surface area contributed by atoms with E-state index in [1.807, 2.05) is 18.2 Å². The van der Waals surface area contributed by atoms with E-state index in [4.69, 9.17) is 5.11 Å². The quantitative estimate of drug-likeness (QED) is 0.742. The number of imidazole rings is 1. The number of carbonyl (C=O) groups is 1. The highest BCUT2D eigenvalue weighted by atomic mass is 16.4. The van der Waals surface area contributed by atoms with Crippen molar-refractivity contribution in [2.24, 2.45) is 0 Å². The second-order valence-electron chi connectivity index (χ2n) is 5.81. The standard InChI is InChI=1S/C19H18N2O2/c1-12(2)13-6-8-14(9-7-13)18-20-11-17(21-18)15-4-3-5-16(10-15)19(22)23/h3-12H,1-2H3,(H,20,21)(H,22,23). The average Bonchev–Trinajstić information content (AvgIpc) is 3.05. The predicted octanol–water partition coefficient (Wildman–Crippen LogP) is 4.57. The number of hydrogen-bond donors (Lipinski definition) is 2. The molecule has 1 heterocycles. The smallest absolute Gasteiger partial charge is 0.335 e. The molecule has 2 N–H and O–H groups in total. The lowest BCUT2D eigenvalue weighted by Gasteiger charge is -2.05. The molecular weight excluding hydrogens is 288 g/mol. The highest BCUT2D eigenvalue weighted by Crippen LogP contribution is 2.24. The Morgan fingerprint density at radius 2 is 1.83 bits per heavy atom. The molecule has 0 aliphatic carbocycles. The molecule has 0 saturated carbocycles. The molecule has 2 aromatic carbocycles. The molecule has 0 amide bonds. The van der Waals surface area contributed by atoms with E-state index >= 15 is 0 Å². The molecule has 0 aliphatic heterocycles. The maximum absolute atomic E-state index is 11.1. The van der Waals surface area contributed by atoms with Crippen molar-refractivity contribution in [3.8, 4) is 22.6 Å². The summed E-state index contributed by atoms with van der Waals surface area (Å²) in [7, 11) is 0. The number of rotatable bonds is 4. The molecule has 4 nitrogen and oxygen atoms in total. The van der Waals surface area contributed by atoms with E-state index < -0.39 is 5.97 Å². The second kappa shape index (κ2) is 6.08. The van der Waals surface area contributed by atoms with E-state index in [1.165, 1.54) is 5.56 Å². The second-order valence-corrected chi connectivity index (χ2v) is 5.81. The maximum atomic E-state index is 11.1. The molecular formula is C19H18N2O2. The molecule has 4 heteroatoms. The van der Waals surface area contributed by atoms with Gasteiger partial charge in [-0.25, -0.2) is 9.78 Å². The first-order chi connectivity index (χ1) is 11.0. The summed E-state index contributed by atoms with van der Waals surface area (Å²) in [5.74, 6) is 0.335. The van der Waals surface area contributed by atoms with Gasteiger partial charge in [-0.05, 0) is 23.6 Å². The molecule has 0 aliphatic rings. The Hall–Kier alpha value is -2.88. The molecule has 0 bridgehead atoms. The van der Waals surface area contributed by atoms with Crippen LogP contribution in [0.25, 0.3) is 22.6 Å². The third kappa shape index (κ3) is 3.16. The minimum atomic E-state index is -0.934. The topological polar surface area (TPSA) is 66.0 Å². The molecule has 3 aromatic rings. The van der Waals surface area contributed by atoms with Gasteiger partial charge in [0.2, 0.25) is 0 Å². The fourth-order valence-electron chi connectivity index (χ4n) is 2.46. The first-order valence-corrected chi connectivity index (χ1v) is 7.53. The molecule has 23 heavy (non-hydrogen) atoms. The summed E-state index contributed by atoms with van der Waals surface area (Å²) in [6.07, 6.45) is 1.73. The molecule has 1 aromatic heterocycles. The van der Waals surface area contributed by atoms with E-state index in [2.05, 4.69) is 35.9 Å². The third-order valence-electron chi connectivity index (χ3n) is 3.85. The van der Waals surface area contributed by atoms with E-state index in [0.29, 0.717) is 5.92 Å². The number of benzene rings is 2. The van der Waals surface area contributed by atoms with Crippen LogP contribution < -0.4 is 0 Å². The monoisotopic (exact) mass is 306 g/mol. The lowest BCUT2D eigenvalue weighted by Crippen LogP contribution is -1.95. The summed E-state index contributed by atoms with van der Waals surface area (Å²) in [6, 6.07) is 15.1. The maximum Gasteiger partial charge on any atom is 0.335 e. The summed E-state index contributed by atoms with van der Waals surface area (Å²) in [4.78, 5) is 18.7. The van der Waals surface area contributed by atoms with Crippen LogP contribution in [0.2, 0.25) is 0 Å². The van der Waals surface area contributed by atoms with Crippen molar-refractivity contribution in [1.29, 1.82) is 0 Å². The Bertz CT molecular complexity index is 833. The number of nitrogens with one attached hydrogen (secondary N) is 1. The van der Waals surface area contributed by atoms with Crippen LogP contribution in [0.15, 0.2) is 54.7 Å². The fraction of sp³-hybridized carbons (Fsp3) is 0.158. The van der Waals surface area contributed by atoms with Crippen molar-refractivity contribution < 1.29 is 9.90 Å². The molecule has 0 saturated heterocycles. The predicted molar refractivity (Wildman–Crippen MR) is 90.5 cm³/mol. The first-order valence-electron chi connectivity index (χ1n) is 7.53. The van der Waals surface area contributed by atoms with Crippen LogP contribution in [0, 0.1) is 0 Å². The number of H-pyrrole nitrogens is 1.